The van der Waals surface area contributed by atoms with Crippen molar-refractivity contribution < 1.29 is 33.7 Å². The quantitative estimate of drug-likeness (QED) is 0.287. The molecule has 0 aromatic rings. The van der Waals surface area contributed by atoms with Crippen LogP contribution in [0.5, 0.6) is 0 Å². The molecule has 0 aliphatic rings. The fourth-order valence-corrected chi connectivity index (χ4v) is 0.892. The maximum Gasteiger partial charge on any atom is 0.333 e. The van der Waals surface area contributed by atoms with Gasteiger partial charge in [0.1, 0.15) is 6.61 Å². The largest absolute Gasteiger partial charge is 0.463 e. The van der Waals surface area contributed by atoms with Crippen molar-refractivity contribution in [3.8, 4) is 0 Å². The lowest BCUT2D eigenvalue weighted by molar-refractivity contribution is -0.140. The monoisotopic (exact) mass is 372 g/mol. The Morgan fingerprint density at radius 1 is 0.923 bits per heavy atom. The first kappa shape index (κ1) is 28.4. The molecule has 0 radical (unpaired) electrons. The van der Waals surface area contributed by atoms with Crippen molar-refractivity contribution in [3.05, 3.63) is 37.0 Å². The smallest absolute Gasteiger partial charge is 0.333 e. The summed E-state index contributed by atoms with van der Waals surface area (Å²) in [6.07, 6.45) is 3.15. The molecule has 7 nitrogen and oxygen atoms in total. The van der Waals surface area contributed by atoms with Crippen molar-refractivity contribution in [2.45, 2.75) is 40.5 Å². The van der Waals surface area contributed by atoms with Crippen LogP contribution < -0.4 is 0 Å². The number of esters is 3. The Kier molecular flexibility index (Phi) is 22.5. The molecule has 7 heteroatoms. The van der Waals surface area contributed by atoms with E-state index in [0.29, 0.717) is 24.4 Å². The van der Waals surface area contributed by atoms with E-state index in [9.17, 15) is 14.4 Å². The molecule has 0 bridgehead atoms. The van der Waals surface area contributed by atoms with Crippen LogP contribution >= 0.6 is 0 Å². The number of ether oxygens (including phenoxy) is 3. The molecular weight excluding hydrogens is 340 g/mol. The second-order valence-corrected chi connectivity index (χ2v) is 4.87. The van der Waals surface area contributed by atoms with Crippen molar-refractivity contribution in [1.29, 1.82) is 0 Å². The Balaban J connectivity index is -0.000000306. The van der Waals surface area contributed by atoms with Gasteiger partial charge < -0.3 is 19.3 Å². The highest BCUT2D eigenvalue weighted by atomic mass is 16.5. The van der Waals surface area contributed by atoms with Crippen molar-refractivity contribution in [1.82, 2.24) is 0 Å². The zero-order valence-corrected chi connectivity index (χ0v) is 16.3. The fourth-order valence-electron chi connectivity index (χ4n) is 0.892. The van der Waals surface area contributed by atoms with E-state index in [-0.39, 0.29) is 25.2 Å². The highest BCUT2D eigenvalue weighted by molar-refractivity contribution is 5.87. The SMILES string of the molecule is C=C(C)C(=O)OCC.C=C(C)C(=O)OCCO.C=CC(=O)OCCCC. The summed E-state index contributed by atoms with van der Waals surface area (Å²) in [6, 6.07) is 0. The molecule has 0 atom stereocenters. The van der Waals surface area contributed by atoms with E-state index in [1.807, 2.05) is 6.92 Å². The van der Waals surface area contributed by atoms with E-state index in [4.69, 9.17) is 5.11 Å². The van der Waals surface area contributed by atoms with Crippen molar-refractivity contribution in [3.63, 3.8) is 0 Å². The highest BCUT2D eigenvalue weighted by Crippen LogP contribution is 1.90. The van der Waals surface area contributed by atoms with Gasteiger partial charge in [-0.15, -0.1) is 0 Å². The third kappa shape index (κ3) is 23.9. The Bertz CT molecular complexity index is 451. The van der Waals surface area contributed by atoms with E-state index in [2.05, 4.69) is 33.9 Å². The fraction of sp³-hybridized carbons (Fsp3) is 0.526. The molecule has 0 aromatic carbocycles. The zero-order chi connectivity index (χ0) is 21.0. The summed E-state index contributed by atoms with van der Waals surface area (Å²) in [4.78, 5) is 31.2. The normalized spacial score (nSPS) is 8.50. The van der Waals surface area contributed by atoms with E-state index in [1.54, 1.807) is 20.8 Å². The Morgan fingerprint density at radius 3 is 1.73 bits per heavy atom. The molecule has 0 aliphatic heterocycles. The first-order chi connectivity index (χ1) is 12.2. The summed E-state index contributed by atoms with van der Waals surface area (Å²) in [5, 5.41) is 8.19. The molecule has 150 valence electrons. The van der Waals surface area contributed by atoms with E-state index in [0.717, 1.165) is 12.8 Å². The predicted molar refractivity (Wildman–Crippen MR) is 100 cm³/mol. The van der Waals surface area contributed by atoms with Crippen LogP contribution in [-0.4, -0.2) is 49.4 Å². The molecule has 0 saturated carbocycles. The minimum atomic E-state index is -0.455. The maximum atomic E-state index is 10.5. The van der Waals surface area contributed by atoms with Crippen LogP contribution in [-0.2, 0) is 28.6 Å². The number of rotatable bonds is 9. The topological polar surface area (TPSA) is 99.1 Å². The number of carbonyl (C=O) groups excluding carboxylic acids is 3. The van der Waals surface area contributed by atoms with Gasteiger partial charge in [0.15, 0.2) is 0 Å². The number of aliphatic hydroxyl groups is 1. The van der Waals surface area contributed by atoms with Crippen molar-refractivity contribution in [2.24, 2.45) is 0 Å². The van der Waals surface area contributed by atoms with Gasteiger partial charge in [-0.3, -0.25) is 0 Å². The van der Waals surface area contributed by atoms with Gasteiger partial charge in [-0.05, 0) is 27.2 Å². The second kappa shape index (κ2) is 20.6. The van der Waals surface area contributed by atoms with Crippen molar-refractivity contribution in [2.75, 3.05) is 26.4 Å². The molecule has 0 spiro atoms. The number of carbonyl (C=O) groups is 3. The predicted octanol–water partition coefficient (Wildman–Crippen LogP) is 2.74. The lowest BCUT2D eigenvalue weighted by atomic mass is 10.4. The van der Waals surface area contributed by atoms with Crippen LogP contribution in [0.15, 0.2) is 37.0 Å². The molecule has 26 heavy (non-hydrogen) atoms. The molecule has 0 aromatic heterocycles. The number of unbranched alkanes of at least 4 members (excludes halogenated alkanes) is 1. The van der Waals surface area contributed by atoms with Crippen LogP contribution in [0.1, 0.15) is 40.5 Å². The minimum Gasteiger partial charge on any atom is -0.463 e. The first-order valence-corrected chi connectivity index (χ1v) is 8.23. The lowest BCUT2D eigenvalue weighted by Gasteiger charge is -1.99. The van der Waals surface area contributed by atoms with Crippen LogP contribution in [0.25, 0.3) is 0 Å². The summed E-state index contributed by atoms with van der Waals surface area (Å²) in [7, 11) is 0. The lowest BCUT2D eigenvalue weighted by Crippen LogP contribution is -2.08. The van der Waals surface area contributed by atoms with Crippen LogP contribution in [0, 0.1) is 0 Å². The van der Waals surface area contributed by atoms with E-state index < -0.39 is 5.97 Å². The Morgan fingerprint density at radius 2 is 1.42 bits per heavy atom. The molecule has 0 heterocycles. The van der Waals surface area contributed by atoms with Crippen molar-refractivity contribution >= 4 is 17.9 Å². The molecule has 0 saturated heterocycles. The minimum absolute atomic E-state index is 0.0473. The third-order valence-corrected chi connectivity index (χ3v) is 2.21. The first-order valence-electron chi connectivity index (χ1n) is 8.23. The average molecular weight is 372 g/mol. The molecule has 0 fully saturated rings. The van der Waals surface area contributed by atoms with Gasteiger partial charge >= 0.3 is 17.9 Å². The van der Waals surface area contributed by atoms with E-state index in [1.165, 1.54) is 6.08 Å². The number of hydrogen-bond donors (Lipinski definition) is 1. The average Bonchev–Trinajstić information content (AvgIpc) is 2.60. The van der Waals surface area contributed by atoms with Crippen LogP contribution in [0.2, 0.25) is 0 Å². The number of aliphatic hydroxyl groups excluding tert-OH is 1. The van der Waals surface area contributed by atoms with Gasteiger partial charge in [-0.25, -0.2) is 14.4 Å². The standard InChI is InChI=1S/C7H12O2.C6H10O3.C6H10O2/c1-3-5-6-9-7(8)4-2;1-5(2)6(8)9-4-3-7;1-4-8-6(7)5(2)3/h4H,2-3,5-6H2,1H3;7H,1,3-4H2,2H3;2,4H2,1,3H3. The Labute approximate surface area is 156 Å². The zero-order valence-electron chi connectivity index (χ0n) is 16.3. The molecule has 0 aliphatic carbocycles. The van der Waals surface area contributed by atoms with Gasteiger partial charge in [0.2, 0.25) is 0 Å². The van der Waals surface area contributed by atoms with Gasteiger partial charge in [0, 0.05) is 17.2 Å². The third-order valence-electron chi connectivity index (χ3n) is 2.21. The highest BCUT2D eigenvalue weighted by Gasteiger charge is 2.00. The molecule has 0 rings (SSSR count). The van der Waals surface area contributed by atoms with Gasteiger partial charge in [-0.2, -0.15) is 0 Å². The maximum absolute atomic E-state index is 10.5. The summed E-state index contributed by atoms with van der Waals surface area (Å²) in [5.41, 5.74) is 0.801. The van der Waals surface area contributed by atoms with Crippen LogP contribution in [0.3, 0.4) is 0 Å². The Hall–Kier alpha value is -2.41. The summed E-state index contributed by atoms with van der Waals surface area (Å²) >= 11 is 0. The molecular formula is C19H32O7. The summed E-state index contributed by atoms with van der Waals surface area (Å²) in [6.45, 7) is 17.8. The van der Waals surface area contributed by atoms with E-state index >= 15 is 0 Å². The van der Waals surface area contributed by atoms with Crippen LogP contribution in [0.4, 0.5) is 0 Å². The second-order valence-electron chi connectivity index (χ2n) is 4.87. The molecule has 1 N–H and O–H groups in total. The summed E-state index contributed by atoms with van der Waals surface area (Å²) in [5.74, 6) is -1.10. The van der Waals surface area contributed by atoms with Gasteiger partial charge in [0.05, 0.1) is 19.8 Å². The molecule has 0 amide bonds. The van der Waals surface area contributed by atoms with Gasteiger partial charge in [0.25, 0.3) is 0 Å². The summed E-state index contributed by atoms with van der Waals surface area (Å²) < 4.78 is 13.7. The van der Waals surface area contributed by atoms with Gasteiger partial charge in [-0.1, -0.05) is 33.1 Å². The number of hydrogen-bond acceptors (Lipinski definition) is 7. The molecule has 0 unspecified atom stereocenters.